The molecule has 0 aliphatic rings. The number of likely N-dealkylation sites (N-methyl/N-ethyl adjacent to an activating group) is 1. The molecule has 16 heavy (non-hydrogen) atoms. The van der Waals surface area contributed by atoms with Crippen LogP contribution in [0, 0.1) is 0 Å². The number of benzene rings is 1. The van der Waals surface area contributed by atoms with E-state index in [0.717, 1.165) is 12.2 Å². The van der Waals surface area contributed by atoms with Crippen molar-refractivity contribution in [3.8, 4) is 0 Å². The second-order valence-corrected chi connectivity index (χ2v) is 3.77. The number of hydrogen-bond acceptors (Lipinski definition) is 4. The predicted octanol–water partition coefficient (Wildman–Crippen LogP) is 1.45. The third-order valence-electron chi connectivity index (χ3n) is 2.18. The molecule has 88 valence electrons. The van der Waals surface area contributed by atoms with Crippen LogP contribution in [0.2, 0.25) is 0 Å². The molecular weight excluding hydrogens is 204 g/mol. The molecule has 4 nitrogen and oxygen atoms in total. The number of carbonyl (C=O) groups is 1. The highest BCUT2D eigenvalue weighted by Crippen LogP contribution is 2.09. The average Bonchev–Trinajstić information content (AvgIpc) is 2.28. The highest BCUT2D eigenvalue weighted by atomic mass is 16.5. The standard InChI is InChI=1S/C12H18N2O2/c1-13-11-6-4-10(5-7-11)12(15)16-9-8-14(2)3/h4-7,13H,8-9H2,1-3H3. The van der Waals surface area contributed by atoms with E-state index in [2.05, 4.69) is 5.32 Å². The summed E-state index contributed by atoms with van der Waals surface area (Å²) in [7, 11) is 5.72. The van der Waals surface area contributed by atoms with Gasteiger partial charge >= 0.3 is 5.97 Å². The lowest BCUT2D eigenvalue weighted by Crippen LogP contribution is -2.20. The van der Waals surface area contributed by atoms with Gasteiger partial charge < -0.3 is 15.0 Å². The number of ether oxygens (including phenoxy) is 1. The van der Waals surface area contributed by atoms with E-state index in [1.165, 1.54) is 0 Å². The molecule has 0 atom stereocenters. The highest BCUT2D eigenvalue weighted by Gasteiger charge is 2.06. The van der Waals surface area contributed by atoms with Gasteiger partial charge in [-0.25, -0.2) is 4.79 Å². The summed E-state index contributed by atoms with van der Waals surface area (Å²) in [6.45, 7) is 1.15. The van der Waals surface area contributed by atoms with Crippen LogP contribution in [0.1, 0.15) is 10.4 Å². The molecule has 4 heteroatoms. The first-order valence-corrected chi connectivity index (χ1v) is 5.23. The van der Waals surface area contributed by atoms with Crippen LogP contribution in [0.4, 0.5) is 5.69 Å². The number of rotatable bonds is 5. The number of nitrogens with zero attached hydrogens (tertiary/aromatic N) is 1. The molecule has 1 aromatic carbocycles. The number of esters is 1. The van der Waals surface area contributed by atoms with E-state index < -0.39 is 0 Å². The second-order valence-electron chi connectivity index (χ2n) is 3.77. The Morgan fingerprint density at radius 2 is 1.94 bits per heavy atom. The average molecular weight is 222 g/mol. The number of nitrogens with one attached hydrogen (secondary N) is 1. The number of anilines is 1. The molecular formula is C12H18N2O2. The molecule has 0 saturated carbocycles. The lowest BCUT2D eigenvalue weighted by Gasteiger charge is -2.10. The molecule has 0 aromatic heterocycles. The molecule has 1 aromatic rings. The fourth-order valence-electron chi connectivity index (χ4n) is 1.18. The summed E-state index contributed by atoms with van der Waals surface area (Å²) < 4.78 is 5.11. The maximum Gasteiger partial charge on any atom is 0.338 e. The van der Waals surface area contributed by atoms with Gasteiger partial charge in [0.1, 0.15) is 6.61 Å². The van der Waals surface area contributed by atoms with E-state index in [0.29, 0.717) is 12.2 Å². The van der Waals surface area contributed by atoms with E-state index in [4.69, 9.17) is 4.74 Å². The molecule has 0 unspecified atom stereocenters. The van der Waals surface area contributed by atoms with Crippen molar-refractivity contribution >= 4 is 11.7 Å². The van der Waals surface area contributed by atoms with Crippen molar-refractivity contribution in [2.45, 2.75) is 0 Å². The maximum absolute atomic E-state index is 11.6. The van der Waals surface area contributed by atoms with E-state index in [1.807, 2.05) is 38.2 Å². The third-order valence-corrected chi connectivity index (χ3v) is 2.18. The molecule has 0 radical (unpaired) electrons. The van der Waals surface area contributed by atoms with Gasteiger partial charge in [-0.1, -0.05) is 0 Å². The van der Waals surface area contributed by atoms with Crippen molar-refractivity contribution in [1.29, 1.82) is 0 Å². The quantitative estimate of drug-likeness (QED) is 0.766. The smallest absolute Gasteiger partial charge is 0.338 e. The summed E-state index contributed by atoms with van der Waals surface area (Å²) in [6, 6.07) is 7.21. The molecule has 0 fully saturated rings. The molecule has 0 amide bonds. The zero-order valence-electron chi connectivity index (χ0n) is 9.99. The summed E-state index contributed by atoms with van der Waals surface area (Å²) in [6.07, 6.45) is 0. The van der Waals surface area contributed by atoms with Gasteiger partial charge in [-0.3, -0.25) is 0 Å². The zero-order chi connectivity index (χ0) is 12.0. The first-order valence-electron chi connectivity index (χ1n) is 5.23. The molecule has 0 heterocycles. The van der Waals surface area contributed by atoms with Gasteiger partial charge in [0.05, 0.1) is 5.56 Å². The molecule has 0 aliphatic heterocycles. The Morgan fingerprint density at radius 1 is 1.31 bits per heavy atom. The van der Waals surface area contributed by atoms with Crippen LogP contribution in [-0.2, 0) is 4.74 Å². The molecule has 0 bridgehead atoms. The van der Waals surface area contributed by atoms with Crippen molar-refractivity contribution in [2.75, 3.05) is 39.6 Å². The fourth-order valence-corrected chi connectivity index (χ4v) is 1.18. The molecule has 0 spiro atoms. The van der Waals surface area contributed by atoms with Gasteiger partial charge in [0.25, 0.3) is 0 Å². The molecule has 0 saturated heterocycles. The Bertz CT molecular complexity index is 333. The lowest BCUT2D eigenvalue weighted by molar-refractivity contribution is 0.0482. The van der Waals surface area contributed by atoms with E-state index in [9.17, 15) is 4.79 Å². The van der Waals surface area contributed by atoms with Crippen LogP contribution in [0.25, 0.3) is 0 Å². The predicted molar refractivity (Wildman–Crippen MR) is 64.8 cm³/mol. The maximum atomic E-state index is 11.6. The van der Waals surface area contributed by atoms with Crippen LogP contribution in [-0.4, -0.2) is 45.2 Å². The van der Waals surface area contributed by atoms with Gasteiger partial charge in [0.15, 0.2) is 0 Å². The minimum Gasteiger partial charge on any atom is -0.461 e. The van der Waals surface area contributed by atoms with Crippen LogP contribution in [0.5, 0.6) is 0 Å². The van der Waals surface area contributed by atoms with Gasteiger partial charge in [-0.15, -0.1) is 0 Å². The van der Waals surface area contributed by atoms with Crippen LogP contribution < -0.4 is 5.32 Å². The van der Waals surface area contributed by atoms with Crippen LogP contribution >= 0.6 is 0 Å². The Labute approximate surface area is 96.2 Å². The Kier molecular flexibility index (Phi) is 4.79. The first kappa shape index (κ1) is 12.5. The monoisotopic (exact) mass is 222 g/mol. The Hall–Kier alpha value is -1.55. The molecule has 1 rings (SSSR count). The van der Waals surface area contributed by atoms with E-state index in [-0.39, 0.29) is 5.97 Å². The van der Waals surface area contributed by atoms with Crippen molar-refractivity contribution < 1.29 is 9.53 Å². The minimum atomic E-state index is -0.274. The largest absolute Gasteiger partial charge is 0.461 e. The molecule has 1 N–H and O–H groups in total. The zero-order valence-corrected chi connectivity index (χ0v) is 9.99. The van der Waals surface area contributed by atoms with Crippen LogP contribution in [0.15, 0.2) is 24.3 Å². The Morgan fingerprint density at radius 3 is 2.44 bits per heavy atom. The second kappa shape index (κ2) is 6.12. The van der Waals surface area contributed by atoms with Crippen molar-refractivity contribution in [3.05, 3.63) is 29.8 Å². The fraction of sp³-hybridized carbons (Fsp3) is 0.417. The van der Waals surface area contributed by atoms with Crippen molar-refractivity contribution in [2.24, 2.45) is 0 Å². The van der Waals surface area contributed by atoms with Crippen LogP contribution in [0.3, 0.4) is 0 Å². The lowest BCUT2D eigenvalue weighted by atomic mass is 10.2. The highest BCUT2D eigenvalue weighted by molar-refractivity contribution is 5.89. The molecule has 0 aliphatic carbocycles. The van der Waals surface area contributed by atoms with Gasteiger partial charge in [0, 0.05) is 19.3 Å². The van der Waals surface area contributed by atoms with E-state index in [1.54, 1.807) is 12.1 Å². The third kappa shape index (κ3) is 3.90. The summed E-state index contributed by atoms with van der Waals surface area (Å²) in [4.78, 5) is 13.5. The summed E-state index contributed by atoms with van der Waals surface area (Å²) in [5.74, 6) is -0.274. The minimum absolute atomic E-state index is 0.274. The van der Waals surface area contributed by atoms with Gasteiger partial charge in [0.2, 0.25) is 0 Å². The summed E-state index contributed by atoms with van der Waals surface area (Å²) in [5.41, 5.74) is 1.56. The van der Waals surface area contributed by atoms with Gasteiger partial charge in [-0.2, -0.15) is 0 Å². The van der Waals surface area contributed by atoms with Gasteiger partial charge in [-0.05, 0) is 38.4 Å². The van der Waals surface area contributed by atoms with Crippen molar-refractivity contribution in [3.63, 3.8) is 0 Å². The number of carbonyl (C=O) groups excluding carboxylic acids is 1. The van der Waals surface area contributed by atoms with E-state index >= 15 is 0 Å². The summed E-state index contributed by atoms with van der Waals surface area (Å²) in [5, 5.41) is 2.99. The topological polar surface area (TPSA) is 41.6 Å². The Balaban J connectivity index is 2.46. The first-order chi connectivity index (χ1) is 7.63. The van der Waals surface area contributed by atoms with Crippen molar-refractivity contribution in [1.82, 2.24) is 4.90 Å². The normalized spacial score (nSPS) is 10.2. The number of hydrogen-bond donors (Lipinski definition) is 1. The summed E-state index contributed by atoms with van der Waals surface area (Å²) >= 11 is 0. The SMILES string of the molecule is CNc1ccc(C(=O)OCCN(C)C)cc1.